The topological polar surface area (TPSA) is 32.8 Å². The highest BCUT2D eigenvalue weighted by Crippen LogP contribution is 2.24. The van der Waals surface area contributed by atoms with Crippen LogP contribution in [-0.4, -0.2) is 54.0 Å². The second kappa shape index (κ2) is 12.0. The second-order valence-electron chi connectivity index (χ2n) is 5.57. The number of ether oxygens (including phenoxy) is 1. The van der Waals surface area contributed by atoms with Crippen molar-refractivity contribution in [3.63, 3.8) is 0 Å². The molecular formula is C15H29IN2O2S. The lowest BCUT2D eigenvalue weighted by Crippen LogP contribution is -2.51. The summed E-state index contributed by atoms with van der Waals surface area (Å²) in [5.41, 5.74) is 0. The summed E-state index contributed by atoms with van der Waals surface area (Å²) in [7, 11) is 1.75. The van der Waals surface area contributed by atoms with Gasteiger partial charge in [-0.1, -0.05) is 32.6 Å². The molecule has 1 atom stereocenters. The quantitative estimate of drug-likeness (QED) is 0.228. The van der Waals surface area contributed by atoms with E-state index in [1.54, 1.807) is 9.12 Å². The molecule has 0 aromatic carbocycles. The van der Waals surface area contributed by atoms with Crippen LogP contribution in [0.25, 0.3) is 0 Å². The third kappa shape index (κ3) is 8.04. The largest absolute Gasteiger partial charge is 0.466 e. The fraction of sp³-hybridized carbons (Fsp3) is 0.933. The number of esters is 1. The Balaban J connectivity index is 2.39. The van der Waals surface area contributed by atoms with Crippen molar-refractivity contribution in [1.82, 2.24) is 9.21 Å². The molecule has 1 aliphatic rings. The molecule has 6 heteroatoms. The van der Waals surface area contributed by atoms with Gasteiger partial charge in [0.15, 0.2) is 0 Å². The summed E-state index contributed by atoms with van der Waals surface area (Å²) in [6.07, 6.45) is 7.04. The average molecular weight is 428 g/mol. The summed E-state index contributed by atoms with van der Waals surface area (Å²) >= 11 is 2.33. The molecule has 0 saturated carbocycles. The van der Waals surface area contributed by atoms with E-state index in [1.807, 2.05) is 6.92 Å². The lowest BCUT2D eigenvalue weighted by Gasteiger charge is -2.39. The highest BCUT2D eigenvalue weighted by molar-refractivity contribution is 14.2. The van der Waals surface area contributed by atoms with Crippen LogP contribution in [-0.2, 0) is 9.53 Å². The Kier molecular flexibility index (Phi) is 11.1. The van der Waals surface area contributed by atoms with Crippen LogP contribution >= 0.6 is 30.3 Å². The predicted octanol–water partition coefficient (Wildman–Crippen LogP) is 3.89. The van der Waals surface area contributed by atoms with Gasteiger partial charge < -0.3 is 4.74 Å². The Bertz CT molecular complexity index is 295. The fourth-order valence-corrected chi connectivity index (χ4v) is 4.20. The van der Waals surface area contributed by atoms with Crippen LogP contribution in [0.1, 0.15) is 52.4 Å². The Hall–Kier alpha value is 0.470. The third-order valence-corrected chi connectivity index (χ3v) is 6.12. The summed E-state index contributed by atoms with van der Waals surface area (Å²) in [4.78, 5) is 14.3. The smallest absolute Gasteiger partial charge is 0.307 e. The van der Waals surface area contributed by atoms with Gasteiger partial charge in [-0.3, -0.25) is 9.69 Å². The van der Waals surface area contributed by atoms with Crippen LogP contribution < -0.4 is 0 Å². The molecule has 1 heterocycles. The first-order chi connectivity index (χ1) is 10.2. The number of hydrogen-bond donors (Lipinski definition) is 0. The van der Waals surface area contributed by atoms with E-state index in [9.17, 15) is 4.79 Å². The number of nitrogens with zero attached hydrogens (tertiary/aromatic N) is 2. The normalized spacial score (nSPS) is 20.6. The van der Waals surface area contributed by atoms with Gasteiger partial charge in [-0.25, -0.2) is 4.31 Å². The number of rotatable bonds is 10. The monoisotopic (exact) mass is 428 g/mol. The van der Waals surface area contributed by atoms with E-state index in [1.165, 1.54) is 32.1 Å². The van der Waals surface area contributed by atoms with Gasteiger partial charge in [-0.05, 0) is 29.0 Å². The van der Waals surface area contributed by atoms with Gasteiger partial charge >= 0.3 is 5.97 Å². The van der Waals surface area contributed by atoms with Gasteiger partial charge in [0.2, 0.25) is 0 Å². The number of piperazine rings is 1. The number of unbranched alkanes of at least 4 members (excludes halogenated alkanes) is 4. The zero-order valence-electron chi connectivity index (χ0n) is 13.4. The minimum atomic E-state index is -0.0567. The Morgan fingerprint density at radius 2 is 2.00 bits per heavy atom. The molecule has 1 unspecified atom stereocenters. The highest BCUT2D eigenvalue weighted by atomic mass is 127. The van der Waals surface area contributed by atoms with Crippen molar-refractivity contribution in [1.29, 1.82) is 0 Å². The average Bonchev–Trinajstić information content (AvgIpc) is 2.48. The summed E-state index contributed by atoms with van der Waals surface area (Å²) in [6.45, 7) is 8.82. The van der Waals surface area contributed by atoms with Crippen LogP contribution in [0.3, 0.4) is 0 Å². The maximum atomic E-state index is 11.8. The number of carbonyl (C=O) groups excluding carboxylic acids is 1. The van der Waals surface area contributed by atoms with Gasteiger partial charge in [0, 0.05) is 46.9 Å². The van der Waals surface area contributed by atoms with Crippen molar-refractivity contribution in [3.8, 4) is 0 Å². The first-order valence-corrected chi connectivity index (χ1v) is 11.5. The molecule has 1 fully saturated rings. The van der Waals surface area contributed by atoms with Gasteiger partial charge in [0.25, 0.3) is 0 Å². The molecule has 0 amide bonds. The van der Waals surface area contributed by atoms with Crippen molar-refractivity contribution in [2.75, 3.05) is 32.8 Å². The van der Waals surface area contributed by atoms with Gasteiger partial charge in [0.05, 0.1) is 13.0 Å². The van der Waals surface area contributed by atoms with Gasteiger partial charge in [-0.2, -0.15) is 0 Å². The van der Waals surface area contributed by atoms with E-state index in [0.717, 1.165) is 26.2 Å². The zero-order chi connectivity index (χ0) is 15.5. The summed E-state index contributed by atoms with van der Waals surface area (Å²) in [5.74, 6) is -0.0567. The molecule has 21 heavy (non-hydrogen) atoms. The van der Waals surface area contributed by atoms with Crippen molar-refractivity contribution in [2.24, 2.45) is 0 Å². The maximum Gasteiger partial charge on any atom is 0.307 e. The molecular weight excluding hydrogens is 399 g/mol. The van der Waals surface area contributed by atoms with E-state index in [-0.39, 0.29) is 5.97 Å². The Labute approximate surface area is 146 Å². The molecule has 0 spiro atoms. The lowest BCUT2D eigenvalue weighted by molar-refractivity contribution is -0.145. The second-order valence-corrected chi connectivity index (χ2v) is 7.41. The molecule has 1 saturated heterocycles. The summed E-state index contributed by atoms with van der Waals surface area (Å²) in [6, 6.07) is 0.311. The lowest BCUT2D eigenvalue weighted by atomic mass is 10.1. The van der Waals surface area contributed by atoms with Crippen LogP contribution in [0.4, 0.5) is 0 Å². The van der Waals surface area contributed by atoms with E-state index in [0.29, 0.717) is 19.1 Å². The minimum Gasteiger partial charge on any atom is -0.466 e. The number of hydrogen-bond acceptors (Lipinski definition) is 5. The molecule has 0 aromatic heterocycles. The maximum absolute atomic E-state index is 11.8. The van der Waals surface area contributed by atoms with E-state index in [4.69, 9.17) is 4.74 Å². The summed E-state index contributed by atoms with van der Waals surface area (Å²) in [5, 5.41) is 0. The van der Waals surface area contributed by atoms with Gasteiger partial charge in [0.1, 0.15) is 0 Å². The fourth-order valence-electron chi connectivity index (χ4n) is 2.75. The predicted molar refractivity (Wildman–Crippen MR) is 98.6 cm³/mol. The van der Waals surface area contributed by atoms with Crippen LogP contribution in [0.2, 0.25) is 0 Å². The van der Waals surface area contributed by atoms with Crippen molar-refractivity contribution in [2.45, 2.75) is 58.4 Å². The molecule has 0 aromatic rings. The van der Waals surface area contributed by atoms with Crippen LogP contribution in [0, 0.1) is 0 Å². The molecule has 0 aliphatic carbocycles. The number of halogens is 1. The van der Waals surface area contributed by atoms with Crippen LogP contribution in [0.15, 0.2) is 0 Å². The molecule has 124 valence electrons. The molecule has 0 N–H and O–H groups in total. The molecule has 0 bridgehead atoms. The first-order valence-electron chi connectivity index (χ1n) is 8.14. The van der Waals surface area contributed by atoms with E-state index in [2.05, 4.69) is 37.3 Å². The van der Waals surface area contributed by atoms with Gasteiger partial charge in [-0.15, -0.1) is 0 Å². The molecule has 0 radical (unpaired) electrons. The highest BCUT2D eigenvalue weighted by Gasteiger charge is 2.28. The third-order valence-electron chi connectivity index (χ3n) is 3.92. The minimum absolute atomic E-state index is 0.0567. The standard InChI is InChI=1S/C15H29IN2O2S/c1-3-5-6-7-8-9-17-10-11-18(21-16)13-14(17)12-15(19)20-4-2/h14H,3-13H2,1-2H3. The van der Waals surface area contributed by atoms with Crippen molar-refractivity contribution < 1.29 is 9.53 Å². The van der Waals surface area contributed by atoms with E-state index < -0.39 is 0 Å². The zero-order valence-corrected chi connectivity index (χ0v) is 16.3. The molecule has 1 aliphatic heterocycles. The molecule has 1 rings (SSSR count). The SMILES string of the molecule is CCCCCCCN1CCN(SI)CC1CC(=O)OCC. The van der Waals surface area contributed by atoms with Crippen molar-refractivity contribution in [3.05, 3.63) is 0 Å². The Morgan fingerprint density at radius 3 is 2.67 bits per heavy atom. The van der Waals surface area contributed by atoms with Crippen LogP contribution in [0.5, 0.6) is 0 Å². The van der Waals surface area contributed by atoms with Crippen molar-refractivity contribution >= 4 is 36.3 Å². The Morgan fingerprint density at radius 1 is 1.24 bits per heavy atom. The number of carbonyl (C=O) groups is 1. The first kappa shape index (κ1) is 19.5. The summed E-state index contributed by atoms with van der Waals surface area (Å²) < 4.78 is 7.47. The molecule has 4 nitrogen and oxygen atoms in total. The van der Waals surface area contributed by atoms with E-state index >= 15 is 0 Å².